The topological polar surface area (TPSA) is 155 Å². The molecule has 6 N–H and O–H groups in total. The molecular weight excluding hydrogens is 470 g/mol. The second-order valence-corrected chi connectivity index (χ2v) is 9.12. The number of unbranched alkanes of at least 4 members (excludes halogenated alkanes) is 2. The van der Waals surface area contributed by atoms with Gasteiger partial charge >= 0.3 is 0 Å². The predicted octanol–water partition coefficient (Wildman–Crippen LogP) is 3.56. The lowest BCUT2D eigenvalue weighted by atomic mass is 10.1. The Hall–Kier alpha value is -3.79. The van der Waals surface area contributed by atoms with E-state index in [1.165, 1.54) is 0 Å². The fourth-order valence-corrected chi connectivity index (χ4v) is 3.51. The number of hydrogen-bond donors (Lipinski definition) is 4. The summed E-state index contributed by atoms with van der Waals surface area (Å²) in [6, 6.07) is 13.2. The average Bonchev–Trinajstić information content (AvgIpc) is 2.89. The molecule has 200 valence electrons. The number of primary amides is 1. The number of carbonyl (C=O) groups is 3. The van der Waals surface area contributed by atoms with Crippen molar-refractivity contribution in [1.29, 1.82) is 0 Å². The Bertz CT molecular complexity index is 1040. The molecule has 10 heteroatoms. The lowest BCUT2D eigenvalue weighted by molar-refractivity contribution is -0.128. The predicted molar refractivity (Wildman–Crippen MR) is 146 cm³/mol. The quantitative estimate of drug-likeness (QED) is 0.213. The molecule has 3 amide bonds. The van der Waals surface area contributed by atoms with E-state index in [-0.39, 0.29) is 11.8 Å². The molecule has 0 heterocycles. The first-order chi connectivity index (χ1) is 17.7. The van der Waals surface area contributed by atoms with E-state index in [0.717, 1.165) is 24.2 Å². The summed E-state index contributed by atoms with van der Waals surface area (Å²) >= 11 is 0. The minimum Gasteiger partial charge on any atom is -0.378 e. The van der Waals surface area contributed by atoms with Gasteiger partial charge in [0.05, 0.1) is 17.4 Å². The lowest BCUT2D eigenvalue weighted by Crippen LogP contribution is -2.50. The van der Waals surface area contributed by atoms with Crippen molar-refractivity contribution < 1.29 is 14.4 Å². The fraction of sp³-hybridized carbons (Fsp3) is 0.444. The Kier molecular flexibility index (Phi) is 12.2. The van der Waals surface area contributed by atoms with Crippen molar-refractivity contribution in [1.82, 2.24) is 10.6 Å². The molecule has 0 bridgehead atoms. The van der Waals surface area contributed by atoms with Gasteiger partial charge in [-0.2, -0.15) is 10.2 Å². The Morgan fingerprint density at radius 3 is 2.03 bits per heavy atom. The van der Waals surface area contributed by atoms with E-state index in [9.17, 15) is 14.4 Å². The number of rotatable bonds is 15. The third-order valence-corrected chi connectivity index (χ3v) is 5.85. The Morgan fingerprint density at radius 2 is 1.49 bits per heavy atom. The summed E-state index contributed by atoms with van der Waals surface area (Å²) in [5.74, 6) is -1.13. The van der Waals surface area contributed by atoms with Gasteiger partial charge in [0.1, 0.15) is 6.04 Å². The Labute approximate surface area is 218 Å². The highest BCUT2D eigenvalue weighted by Crippen LogP contribution is 2.21. The third-order valence-electron chi connectivity index (χ3n) is 5.85. The maximum Gasteiger partial charge on any atom is 0.251 e. The number of azo groups is 1. The number of nitrogens with zero attached hydrogens (tertiary/aromatic N) is 3. The van der Waals surface area contributed by atoms with E-state index in [1.807, 2.05) is 50.2 Å². The van der Waals surface area contributed by atoms with E-state index in [1.54, 1.807) is 24.3 Å². The van der Waals surface area contributed by atoms with Gasteiger partial charge in [0, 0.05) is 31.9 Å². The van der Waals surface area contributed by atoms with Crippen LogP contribution >= 0.6 is 0 Å². The average molecular weight is 510 g/mol. The van der Waals surface area contributed by atoms with Crippen LogP contribution in [0.4, 0.5) is 17.1 Å². The molecule has 2 atom stereocenters. The number of nitrogens with one attached hydrogen (secondary N) is 2. The van der Waals surface area contributed by atoms with Crippen molar-refractivity contribution in [3.05, 3.63) is 54.1 Å². The van der Waals surface area contributed by atoms with Gasteiger partial charge in [0.15, 0.2) is 0 Å². The molecule has 0 saturated heterocycles. The van der Waals surface area contributed by atoms with Gasteiger partial charge in [-0.15, -0.1) is 0 Å². The first kappa shape index (κ1) is 29.4. The second kappa shape index (κ2) is 15.4. The normalized spacial score (nSPS) is 12.6. The van der Waals surface area contributed by atoms with E-state index in [2.05, 4.69) is 20.9 Å². The van der Waals surface area contributed by atoms with Gasteiger partial charge in [-0.3, -0.25) is 14.4 Å². The van der Waals surface area contributed by atoms with Crippen molar-refractivity contribution in [3.63, 3.8) is 0 Å². The summed E-state index contributed by atoms with van der Waals surface area (Å²) in [5.41, 5.74) is 14.3. The molecule has 0 fully saturated rings. The molecule has 0 spiro atoms. The molecule has 2 aromatic rings. The van der Waals surface area contributed by atoms with Crippen LogP contribution in [0.5, 0.6) is 0 Å². The van der Waals surface area contributed by atoms with Crippen LogP contribution in [0.25, 0.3) is 0 Å². The SMILES string of the molecule is CCCC[C@H](NC(=O)[C@H](N)CCCCNC(=O)c1ccc(N=Nc2ccc(N(C)C)cc2)cc1)C(N)=O. The maximum atomic E-state index is 12.4. The zero-order valence-electron chi connectivity index (χ0n) is 21.9. The van der Waals surface area contributed by atoms with Crippen molar-refractivity contribution in [2.45, 2.75) is 57.5 Å². The van der Waals surface area contributed by atoms with Crippen LogP contribution in [0.15, 0.2) is 58.8 Å². The summed E-state index contributed by atoms with van der Waals surface area (Å²) in [5, 5.41) is 14.0. The molecule has 0 aromatic heterocycles. The monoisotopic (exact) mass is 509 g/mol. The molecule has 0 unspecified atom stereocenters. The van der Waals surface area contributed by atoms with Gasteiger partial charge < -0.3 is 27.0 Å². The molecule has 0 radical (unpaired) electrons. The largest absolute Gasteiger partial charge is 0.378 e. The van der Waals surface area contributed by atoms with Gasteiger partial charge in [-0.25, -0.2) is 0 Å². The third kappa shape index (κ3) is 10.4. The van der Waals surface area contributed by atoms with E-state index >= 15 is 0 Å². The maximum absolute atomic E-state index is 12.4. The Balaban J connectivity index is 1.71. The van der Waals surface area contributed by atoms with Crippen molar-refractivity contribution in [2.24, 2.45) is 21.7 Å². The van der Waals surface area contributed by atoms with Gasteiger partial charge in [-0.05, 0) is 74.2 Å². The highest BCUT2D eigenvalue weighted by Gasteiger charge is 2.21. The summed E-state index contributed by atoms with van der Waals surface area (Å²) in [6.45, 7) is 2.46. The van der Waals surface area contributed by atoms with Crippen LogP contribution < -0.4 is 27.0 Å². The molecule has 10 nitrogen and oxygen atoms in total. The minimum absolute atomic E-state index is 0.190. The number of nitrogens with two attached hydrogens (primary N) is 2. The van der Waals surface area contributed by atoms with Crippen molar-refractivity contribution in [2.75, 3.05) is 25.5 Å². The van der Waals surface area contributed by atoms with Crippen LogP contribution in [-0.2, 0) is 9.59 Å². The van der Waals surface area contributed by atoms with Gasteiger partial charge in [0.25, 0.3) is 5.91 Å². The van der Waals surface area contributed by atoms with Crippen LogP contribution in [0.3, 0.4) is 0 Å². The van der Waals surface area contributed by atoms with E-state index in [0.29, 0.717) is 43.5 Å². The highest BCUT2D eigenvalue weighted by atomic mass is 16.2. The molecule has 0 aliphatic carbocycles. The second-order valence-electron chi connectivity index (χ2n) is 9.12. The summed E-state index contributed by atoms with van der Waals surface area (Å²) in [6.07, 6.45) is 3.96. The molecule has 37 heavy (non-hydrogen) atoms. The number of carbonyl (C=O) groups excluding carboxylic acids is 3. The summed E-state index contributed by atoms with van der Waals surface area (Å²) < 4.78 is 0. The van der Waals surface area contributed by atoms with Gasteiger partial charge in [-0.1, -0.05) is 19.8 Å². The lowest BCUT2D eigenvalue weighted by Gasteiger charge is -2.18. The highest BCUT2D eigenvalue weighted by molar-refractivity contribution is 5.94. The number of hydrogen-bond acceptors (Lipinski definition) is 7. The zero-order chi connectivity index (χ0) is 27.2. The van der Waals surface area contributed by atoms with E-state index < -0.39 is 18.0 Å². The molecule has 2 aromatic carbocycles. The van der Waals surface area contributed by atoms with Crippen LogP contribution in [0, 0.1) is 0 Å². The van der Waals surface area contributed by atoms with E-state index in [4.69, 9.17) is 11.5 Å². The molecular formula is C27H39N7O3. The standard InChI is InChI=1S/C27H39N7O3/c1-4-5-9-24(25(29)35)31-27(37)23(28)8-6-7-18-30-26(36)19-10-12-20(13-11-19)32-33-21-14-16-22(17-15-21)34(2)3/h10-17,23-24H,4-9,18,28H2,1-3H3,(H2,29,35)(H,30,36)(H,31,37)/t23-,24+/m1/s1. The zero-order valence-corrected chi connectivity index (χ0v) is 21.9. The first-order valence-electron chi connectivity index (χ1n) is 12.6. The summed E-state index contributed by atoms with van der Waals surface area (Å²) in [7, 11) is 3.95. The molecule has 0 aliphatic heterocycles. The molecule has 0 saturated carbocycles. The number of amides is 3. The van der Waals surface area contributed by atoms with Crippen molar-refractivity contribution in [3.8, 4) is 0 Å². The number of benzene rings is 2. The van der Waals surface area contributed by atoms with Crippen molar-refractivity contribution >= 4 is 34.8 Å². The smallest absolute Gasteiger partial charge is 0.251 e. The Morgan fingerprint density at radius 1 is 0.892 bits per heavy atom. The van der Waals surface area contributed by atoms with Crippen LogP contribution in [0.1, 0.15) is 55.8 Å². The number of anilines is 1. The molecule has 2 rings (SSSR count). The molecule has 0 aliphatic rings. The minimum atomic E-state index is -0.730. The summed E-state index contributed by atoms with van der Waals surface area (Å²) in [4.78, 5) is 38.1. The van der Waals surface area contributed by atoms with Crippen LogP contribution in [0.2, 0.25) is 0 Å². The van der Waals surface area contributed by atoms with Crippen LogP contribution in [-0.4, -0.2) is 50.4 Å². The first-order valence-corrected chi connectivity index (χ1v) is 12.6. The van der Waals surface area contributed by atoms with Gasteiger partial charge in [0.2, 0.25) is 11.8 Å². The fourth-order valence-electron chi connectivity index (χ4n) is 3.51.